The van der Waals surface area contributed by atoms with Crippen LogP contribution in [-0.2, 0) is 6.54 Å². The van der Waals surface area contributed by atoms with E-state index in [0.29, 0.717) is 17.8 Å². The normalized spacial score (nSPS) is 12.5. The molecular formula is C16H17FN4O. The number of fused-ring (bicyclic) bond motifs is 1. The average molecular weight is 300 g/mol. The zero-order chi connectivity index (χ0) is 15.7. The smallest absolute Gasteiger partial charge is 0.267 e. The molecule has 0 saturated carbocycles. The van der Waals surface area contributed by atoms with Gasteiger partial charge in [-0.05, 0) is 37.6 Å². The molecule has 0 fully saturated rings. The van der Waals surface area contributed by atoms with Crippen LogP contribution in [0.3, 0.4) is 0 Å². The third-order valence-corrected chi connectivity index (χ3v) is 3.58. The van der Waals surface area contributed by atoms with Gasteiger partial charge in [0.15, 0.2) is 0 Å². The van der Waals surface area contributed by atoms with Crippen LogP contribution in [0.2, 0.25) is 0 Å². The molecule has 2 aromatic heterocycles. The molecule has 0 aliphatic rings. The molecular weight excluding hydrogens is 283 g/mol. The Labute approximate surface area is 127 Å². The minimum atomic E-state index is -0.313. The summed E-state index contributed by atoms with van der Waals surface area (Å²) < 4.78 is 15.3. The first-order valence-corrected chi connectivity index (χ1v) is 7.08. The van der Waals surface area contributed by atoms with Crippen LogP contribution in [0.25, 0.3) is 10.9 Å². The number of nitrogens with one attached hydrogen (secondary N) is 2. The minimum absolute atomic E-state index is 0.0501. The van der Waals surface area contributed by atoms with Crippen molar-refractivity contribution in [3.05, 3.63) is 54.0 Å². The largest absolute Gasteiger partial charge is 0.350 e. The van der Waals surface area contributed by atoms with Crippen molar-refractivity contribution in [2.45, 2.75) is 26.4 Å². The van der Waals surface area contributed by atoms with Crippen LogP contribution in [0.1, 0.15) is 23.0 Å². The second kappa shape index (κ2) is 5.63. The van der Waals surface area contributed by atoms with Crippen molar-refractivity contribution < 1.29 is 9.18 Å². The predicted molar refractivity (Wildman–Crippen MR) is 82.1 cm³/mol. The zero-order valence-corrected chi connectivity index (χ0v) is 12.4. The molecule has 3 rings (SSSR count). The number of aromatic amines is 1. The van der Waals surface area contributed by atoms with E-state index in [0.717, 1.165) is 10.9 Å². The first-order valence-electron chi connectivity index (χ1n) is 7.08. The first kappa shape index (κ1) is 14.3. The van der Waals surface area contributed by atoms with Crippen molar-refractivity contribution in [1.82, 2.24) is 19.9 Å². The van der Waals surface area contributed by atoms with E-state index in [1.54, 1.807) is 18.6 Å². The Morgan fingerprint density at radius 2 is 2.27 bits per heavy atom. The molecule has 0 aliphatic carbocycles. The molecule has 0 saturated heterocycles. The number of aromatic nitrogens is 3. The maximum Gasteiger partial charge on any atom is 0.267 e. The number of H-pyrrole nitrogens is 1. The summed E-state index contributed by atoms with van der Waals surface area (Å²) in [4.78, 5) is 19.2. The number of imidazole rings is 1. The number of hydrogen-bond acceptors (Lipinski definition) is 2. The summed E-state index contributed by atoms with van der Waals surface area (Å²) in [6, 6.07) is 4.56. The molecule has 1 amide bonds. The van der Waals surface area contributed by atoms with E-state index >= 15 is 0 Å². The van der Waals surface area contributed by atoms with E-state index < -0.39 is 0 Å². The predicted octanol–water partition coefficient (Wildman–Crippen LogP) is 2.63. The SMILES string of the molecule is Cc1cc(F)cc2[nH]c(C(=O)N[C@H](C)Cn3ccnc3)cc12. The van der Waals surface area contributed by atoms with E-state index in [1.165, 1.54) is 12.1 Å². The lowest BCUT2D eigenvalue weighted by Gasteiger charge is -2.13. The Hall–Kier alpha value is -2.63. The van der Waals surface area contributed by atoms with Crippen LogP contribution in [0.4, 0.5) is 4.39 Å². The molecule has 22 heavy (non-hydrogen) atoms. The van der Waals surface area contributed by atoms with Crippen LogP contribution >= 0.6 is 0 Å². The van der Waals surface area contributed by atoms with E-state index in [9.17, 15) is 9.18 Å². The standard InChI is InChI=1S/C16H17FN4O/c1-10-5-12(17)6-14-13(10)7-15(20-14)16(22)19-11(2)8-21-4-3-18-9-21/h3-7,9,11,20H,8H2,1-2H3,(H,19,22)/t11-/m1/s1. The maximum absolute atomic E-state index is 13.4. The van der Waals surface area contributed by atoms with Gasteiger partial charge < -0.3 is 14.9 Å². The maximum atomic E-state index is 13.4. The summed E-state index contributed by atoms with van der Waals surface area (Å²) in [7, 11) is 0. The van der Waals surface area contributed by atoms with Gasteiger partial charge in [0, 0.05) is 35.9 Å². The fourth-order valence-electron chi connectivity index (χ4n) is 2.56. The fourth-order valence-corrected chi connectivity index (χ4v) is 2.56. The Kier molecular flexibility index (Phi) is 3.66. The number of rotatable bonds is 4. The van der Waals surface area contributed by atoms with Crippen molar-refractivity contribution in [3.8, 4) is 0 Å². The highest BCUT2D eigenvalue weighted by Crippen LogP contribution is 2.21. The Morgan fingerprint density at radius 1 is 1.45 bits per heavy atom. The Bertz CT molecular complexity index is 807. The van der Waals surface area contributed by atoms with Gasteiger partial charge in [0.25, 0.3) is 5.91 Å². The molecule has 0 aliphatic heterocycles. The number of carbonyl (C=O) groups excluding carboxylic acids is 1. The van der Waals surface area contributed by atoms with E-state index in [2.05, 4.69) is 15.3 Å². The number of amides is 1. The molecule has 0 spiro atoms. The van der Waals surface area contributed by atoms with Gasteiger partial charge in [-0.1, -0.05) is 0 Å². The molecule has 0 radical (unpaired) electrons. The van der Waals surface area contributed by atoms with Crippen molar-refractivity contribution in [2.24, 2.45) is 0 Å². The molecule has 2 N–H and O–H groups in total. The van der Waals surface area contributed by atoms with Crippen molar-refractivity contribution in [2.75, 3.05) is 0 Å². The summed E-state index contributed by atoms with van der Waals surface area (Å²) in [6.07, 6.45) is 5.25. The Balaban J connectivity index is 1.76. The van der Waals surface area contributed by atoms with Gasteiger partial charge >= 0.3 is 0 Å². The Morgan fingerprint density at radius 3 is 3.00 bits per heavy atom. The van der Waals surface area contributed by atoms with Crippen LogP contribution in [0.15, 0.2) is 36.9 Å². The first-order chi connectivity index (χ1) is 10.5. The van der Waals surface area contributed by atoms with Crippen LogP contribution < -0.4 is 5.32 Å². The minimum Gasteiger partial charge on any atom is -0.350 e. The van der Waals surface area contributed by atoms with Crippen molar-refractivity contribution >= 4 is 16.8 Å². The highest BCUT2D eigenvalue weighted by Gasteiger charge is 2.14. The second-order valence-electron chi connectivity index (χ2n) is 5.50. The van der Waals surface area contributed by atoms with Crippen LogP contribution in [0, 0.1) is 12.7 Å². The molecule has 6 heteroatoms. The molecule has 114 valence electrons. The number of carbonyl (C=O) groups is 1. The number of nitrogens with zero attached hydrogens (tertiary/aromatic N) is 2. The lowest BCUT2D eigenvalue weighted by molar-refractivity contribution is 0.0932. The summed E-state index contributed by atoms with van der Waals surface area (Å²) in [6.45, 7) is 4.38. The molecule has 0 bridgehead atoms. The molecule has 0 unspecified atom stereocenters. The summed E-state index contributed by atoms with van der Waals surface area (Å²) >= 11 is 0. The topological polar surface area (TPSA) is 62.7 Å². The van der Waals surface area contributed by atoms with E-state index in [-0.39, 0.29) is 17.8 Å². The summed E-state index contributed by atoms with van der Waals surface area (Å²) in [5.41, 5.74) is 1.86. The molecule has 5 nitrogen and oxygen atoms in total. The van der Waals surface area contributed by atoms with Gasteiger partial charge in [-0.15, -0.1) is 0 Å². The van der Waals surface area contributed by atoms with Crippen molar-refractivity contribution in [1.29, 1.82) is 0 Å². The molecule has 2 heterocycles. The average Bonchev–Trinajstić information content (AvgIpc) is 3.07. The molecule has 3 aromatic rings. The molecule has 1 aromatic carbocycles. The summed E-state index contributed by atoms with van der Waals surface area (Å²) in [5, 5.41) is 3.77. The lowest BCUT2D eigenvalue weighted by Crippen LogP contribution is -2.35. The number of halogens is 1. The van der Waals surface area contributed by atoms with E-state index in [4.69, 9.17) is 0 Å². The zero-order valence-electron chi connectivity index (χ0n) is 12.4. The van der Waals surface area contributed by atoms with Gasteiger partial charge in [0.05, 0.1) is 6.33 Å². The van der Waals surface area contributed by atoms with Crippen molar-refractivity contribution in [3.63, 3.8) is 0 Å². The van der Waals surface area contributed by atoms with Gasteiger partial charge in [-0.2, -0.15) is 0 Å². The fraction of sp³-hybridized carbons (Fsp3) is 0.250. The third-order valence-electron chi connectivity index (χ3n) is 3.58. The number of aryl methyl sites for hydroxylation is 1. The lowest BCUT2D eigenvalue weighted by atomic mass is 10.1. The number of benzene rings is 1. The highest BCUT2D eigenvalue weighted by atomic mass is 19.1. The molecule has 1 atom stereocenters. The third kappa shape index (κ3) is 2.86. The van der Waals surface area contributed by atoms with Gasteiger partial charge in [-0.25, -0.2) is 9.37 Å². The quantitative estimate of drug-likeness (QED) is 0.778. The van der Waals surface area contributed by atoms with Crippen LogP contribution in [-0.4, -0.2) is 26.5 Å². The van der Waals surface area contributed by atoms with Gasteiger partial charge in [-0.3, -0.25) is 4.79 Å². The van der Waals surface area contributed by atoms with E-state index in [1.807, 2.05) is 24.6 Å². The number of hydrogen-bond donors (Lipinski definition) is 2. The van der Waals surface area contributed by atoms with Gasteiger partial charge in [0.2, 0.25) is 0 Å². The summed E-state index contributed by atoms with van der Waals surface area (Å²) in [5.74, 6) is -0.518. The highest BCUT2D eigenvalue weighted by molar-refractivity contribution is 5.98. The van der Waals surface area contributed by atoms with Gasteiger partial charge in [0.1, 0.15) is 11.5 Å². The second-order valence-corrected chi connectivity index (χ2v) is 5.50. The monoisotopic (exact) mass is 300 g/mol. The van der Waals surface area contributed by atoms with Crippen LogP contribution in [0.5, 0.6) is 0 Å².